The molecule has 1 aromatic rings. The number of hydrogen-bond donors (Lipinski definition) is 1. The average Bonchev–Trinajstić information content (AvgIpc) is 2.84. The SMILES string of the molecule is COC(=O)Cn1cc(S(=O)(=O)N(C)CCC(=O)O)cn1. The zero-order valence-electron chi connectivity index (χ0n) is 11.0. The minimum Gasteiger partial charge on any atom is -0.481 e. The fraction of sp³-hybridized carbons (Fsp3) is 0.500. The van der Waals surface area contributed by atoms with Crippen LogP contribution in [0.2, 0.25) is 0 Å². The van der Waals surface area contributed by atoms with Crippen LogP contribution in [-0.4, -0.2) is 60.3 Å². The van der Waals surface area contributed by atoms with E-state index in [1.54, 1.807) is 0 Å². The number of carboxylic acid groups (broad SMARTS) is 1. The molecule has 1 N–H and O–H groups in total. The van der Waals surface area contributed by atoms with Gasteiger partial charge in [-0.1, -0.05) is 0 Å². The van der Waals surface area contributed by atoms with Gasteiger partial charge in [-0.3, -0.25) is 14.3 Å². The van der Waals surface area contributed by atoms with E-state index >= 15 is 0 Å². The molecule has 0 unspecified atom stereocenters. The molecule has 0 saturated heterocycles. The quantitative estimate of drug-likeness (QED) is 0.652. The van der Waals surface area contributed by atoms with Crippen molar-refractivity contribution in [1.29, 1.82) is 0 Å². The number of aliphatic carboxylic acids is 1. The fourth-order valence-electron chi connectivity index (χ4n) is 1.31. The molecule has 0 radical (unpaired) electrons. The highest BCUT2D eigenvalue weighted by molar-refractivity contribution is 7.89. The number of nitrogens with zero attached hydrogens (tertiary/aromatic N) is 3. The average molecular weight is 305 g/mol. The molecule has 20 heavy (non-hydrogen) atoms. The number of carbonyl (C=O) groups is 2. The molecule has 0 aromatic carbocycles. The summed E-state index contributed by atoms with van der Waals surface area (Å²) in [6, 6.07) is 0. The van der Waals surface area contributed by atoms with Crippen LogP contribution >= 0.6 is 0 Å². The van der Waals surface area contributed by atoms with Crippen LogP contribution in [0, 0.1) is 0 Å². The van der Waals surface area contributed by atoms with Crippen molar-refractivity contribution in [2.24, 2.45) is 0 Å². The van der Waals surface area contributed by atoms with Crippen LogP contribution in [0.25, 0.3) is 0 Å². The van der Waals surface area contributed by atoms with Crippen LogP contribution in [0.1, 0.15) is 6.42 Å². The lowest BCUT2D eigenvalue weighted by Crippen LogP contribution is -2.29. The lowest BCUT2D eigenvalue weighted by atomic mass is 10.4. The smallest absolute Gasteiger partial charge is 0.327 e. The van der Waals surface area contributed by atoms with Gasteiger partial charge < -0.3 is 9.84 Å². The maximum atomic E-state index is 12.1. The lowest BCUT2D eigenvalue weighted by molar-refractivity contribution is -0.141. The van der Waals surface area contributed by atoms with Gasteiger partial charge in [0.1, 0.15) is 11.4 Å². The first-order chi connectivity index (χ1) is 9.27. The Morgan fingerprint density at radius 1 is 1.50 bits per heavy atom. The van der Waals surface area contributed by atoms with Gasteiger partial charge in [0, 0.05) is 19.8 Å². The van der Waals surface area contributed by atoms with Gasteiger partial charge in [-0.2, -0.15) is 5.10 Å². The number of sulfonamides is 1. The summed E-state index contributed by atoms with van der Waals surface area (Å²) in [5.41, 5.74) is 0. The molecule has 0 saturated carbocycles. The summed E-state index contributed by atoms with van der Waals surface area (Å²) in [6.07, 6.45) is 1.98. The van der Waals surface area contributed by atoms with E-state index in [-0.39, 0.29) is 24.4 Å². The Morgan fingerprint density at radius 3 is 2.70 bits per heavy atom. The molecular formula is C10H15N3O6S. The molecule has 1 rings (SSSR count). The van der Waals surface area contributed by atoms with E-state index in [9.17, 15) is 18.0 Å². The third-order valence-corrected chi connectivity index (χ3v) is 4.29. The largest absolute Gasteiger partial charge is 0.481 e. The van der Waals surface area contributed by atoms with Gasteiger partial charge in [-0.25, -0.2) is 12.7 Å². The molecule has 1 heterocycles. The van der Waals surface area contributed by atoms with Crippen LogP contribution in [0.4, 0.5) is 0 Å². The maximum Gasteiger partial charge on any atom is 0.327 e. The summed E-state index contributed by atoms with van der Waals surface area (Å²) < 4.78 is 30.6. The van der Waals surface area contributed by atoms with E-state index < -0.39 is 22.0 Å². The van der Waals surface area contributed by atoms with E-state index in [1.165, 1.54) is 20.4 Å². The Labute approximate surface area is 115 Å². The number of aromatic nitrogens is 2. The molecule has 0 aliphatic heterocycles. The van der Waals surface area contributed by atoms with Gasteiger partial charge in [0.15, 0.2) is 0 Å². The molecule has 10 heteroatoms. The Kier molecular flexibility index (Phi) is 5.22. The Balaban J connectivity index is 2.82. The number of esters is 1. The molecule has 0 spiro atoms. The van der Waals surface area contributed by atoms with Crippen LogP contribution < -0.4 is 0 Å². The van der Waals surface area contributed by atoms with Crippen LogP contribution in [0.15, 0.2) is 17.3 Å². The second-order valence-electron chi connectivity index (χ2n) is 3.92. The van der Waals surface area contributed by atoms with E-state index in [2.05, 4.69) is 9.84 Å². The lowest BCUT2D eigenvalue weighted by Gasteiger charge is -2.14. The van der Waals surface area contributed by atoms with Gasteiger partial charge in [0.25, 0.3) is 0 Å². The third-order valence-electron chi connectivity index (χ3n) is 2.48. The normalized spacial score (nSPS) is 11.6. The Hall–Kier alpha value is -1.94. The van der Waals surface area contributed by atoms with Gasteiger partial charge in [0.05, 0.1) is 19.7 Å². The maximum absolute atomic E-state index is 12.1. The van der Waals surface area contributed by atoms with Gasteiger partial charge in [0.2, 0.25) is 10.0 Å². The van der Waals surface area contributed by atoms with Gasteiger partial charge >= 0.3 is 11.9 Å². The molecule has 0 amide bonds. The number of methoxy groups -OCH3 is 1. The van der Waals surface area contributed by atoms with Crippen LogP contribution in [-0.2, 0) is 30.9 Å². The van der Waals surface area contributed by atoms with Gasteiger partial charge in [-0.15, -0.1) is 0 Å². The third kappa shape index (κ3) is 4.03. The van der Waals surface area contributed by atoms with Crippen molar-refractivity contribution in [3.05, 3.63) is 12.4 Å². The molecule has 0 aliphatic carbocycles. The number of ether oxygens (including phenoxy) is 1. The highest BCUT2D eigenvalue weighted by Crippen LogP contribution is 2.13. The summed E-state index contributed by atoms with van der Waals surface area (Å²) in [7, 11) is -1.34. The van der Waals surface area contributed by atoms with Crippen molar-refractivity contribution in [2.75, 3.05) is 20.7 Å². The van der Waals surface area contributed by atoms with E-state index in [0.29, 0.717) is 0 Å². The highest BCUT2D eigenvalue weighted by Gasteiger charge is 2.23. The molecule has 0 bridgehead atoms. The zero-order valence-corrected chi connectivity index (χ0v) is 11.8. The minimum atomic E-state index is -3.82. The van der Waals surface area contributed by atoms with Crippen molar-refractivity contribution in [1.82, 2.24) is 14.1 Å². The van der Waals surface area contributed by atoms with Crippen LogP contribution in [0.5, 0.6) is 0 Å². The van der Waals surface area contributed by atoms with Crippen LogP contribution in [0.3, 0.4) is 0 Å². The second-order valence-corrected chi connectivity index (χ2v) is 5.96. The highest BCUT2D eigenvalue weighted by atomic mass is 32.2. The molecule has 112 valence electrons. The minimum absolute atomic E-state index is 0.116. The van der Waals surface area contributed by atoms with Crippen molar-refractivity contribution >= 4 is 22.0 Å². The van der Waals surface area contributed by atoms with Crippen molar-refractivity contribution in [3.63, 3.8) is 0 Å². The predicted octanol–water partition coefficient (Wildman–Crippen LogP) is -0.849. The number of hydrogen-bond acceptors (Lipinski definition) is 6. The molecule has 1 aromatic heterocycles. The topological polar surface area (TPSA) is 119 Å². The standard InChI is InChI=1S/C10H15N3O6S/c1-12(4-3-9(14)15)20(17,18)8-5-11-13(6-8)7-10(16)19-2/h5-6H,3-4,7H2,1-2H3,(H,14,15). The first-order valence-electron chi connectivity index (χ1n) is 5.54. The summed E-state index contributed by atoms with van der Waals surface area (Å²) in [4.78, 5) is 21.4. The second kappa shape index (κ2) is 6.48. The molecular weight excluding hydrogens is 290 g/mol. The predicted molar refractivity (Wildman–Crippen MR) is 66.3 cm³/mol. The summed E-state index contributed by atoms with van der Waals surface area (Å²) >= 11 is 0. The number of carbonyl (C=O) groups excluding carboxylic acids is 1. The van der Waals surface area contributed by atoms with Crippen molar-refractivity contribution in [2.45, 2.75) is 17.9 Å². The van der Waals surface area contributed by atoms with E-state index in [1.807, 2.05) is 0 Å². The molecule has 0 atom stereocenters. The van der Waals surface area contributed by atoms with Gasteiger partial charge in [-0.05, 0) is 0 Å². The van der Waals surface area contributed by atoms with Crippen molar-refractivity contribution < 1.29 is 27.9 Å². The van der Waals surface area contributed by atoms with Crippen molar-refractivity contribution in [3.8, 4) is 0 Å². The Bertz CT molecular complexity index is 594. The Morgan fingerprint density at radius 2 is 2.15 bits per heavy atom. The number of carboxylic acids is 1. The fourth-order valence-corrected chi connectivity index (χ4v) is 2.44. The number of rotatable bonds is 7. The first kappa shape index (κ1) is 16.1. The summed E-state index contributed by atoms with van der Waals surface area (Å²) in [5.74, 6) is -1.65. The van der Waals surface area contributed by atoms with E-state index in [0.717, 1.165) is 15.2 Å². The monoisotopic (exact) mass is 305 g/mol. The first-order valence-corrected chi connectivity index (χ1v) is 6.98. The van der Waals surface area contributed by atoms with E-state index in [4.69, 9.17) is 5.11 Å². The summed E-state index contributed by atoms with van der Waals surface area (Å²) in [5, 5.41) is 12.3. The zero-order chi connectivity index (χ0) is 15.3. The molecule has 9 nitrogen and oxygen atoms in total. The molecule has 0 aliphatic rings. The summed E-state index contributed by atoms with van der Waals surface area (Å²) in [6.45, 7) is -0.356. The molecule has 0 fully saturated rings.